The topological polar surface area (TPSA) is 41.1 Å². The van der Waals surface area contributed by atoms with E-state index in [0.717, 1.165) is 25.1 Å². The summed E-state index contributed by atoms with van der Waals surface area (Å²) in [6, 6.07) is 5.13. The van der Waals surface area contributed by atoms with E-state index < -0.39 is 0 Å². The van der Waals surface area contributed by atoms with Crippen LogP contribution in [0.25, 0.3) is 0 Å². The quantitative estimate of drug-likeness (QED) is 0.757. The van der Waals surface area contributed by atoms with Gasteiger partial charge in [-0.25, -0.2) is 0 Å². The molecule has 1 rings (SSSR count). The van der Waals surface area contributed by atoms with Crippen molar-refractivity contribution in [2.45, 2.75) is 19.8 Å². The summed E-state index contributed by atoms with van der Waals surface area (Å²) in [6.07, 6.45) is 1.35. The summed E-state index contributed by atoms with van der Waals surface area (Å²) in [4.78, 5) is 11.7. The van der Waals surface area contributed by atoms with Gasteiger partial charge in [-0.15, -0.1) is 12.4 Å². The monoisotopic (exact) mass is 324 g/mol. The first-order valence-corrected chi connectivity index (χ1v) is 6.80. The molecule has 0 saturated carbocycles. The fraction of sp³-hybridized carbons (Fsp3) is 0.462. The van der Waals surface area contributed by atoms with Crippen LogP contribution in [0.15, 0.2) is 18.2 Å². The van der Waals surface area contributed by atoms with E-state index in [1.807, 2.05) is 0 Å². The standard InChI is InChI=1S/C13H18Cl2N2O.ClH/c1-2-5-16-6-7-17-13(18)9-10-8-11(14)3-4-12(10)15;/h3-4,8,16H,2,5-7,9H2,1H3,(H,17,18);1H. The molecule has 3 nitrogen and oxygen atoms in total. The van der Waals surface area contributed by atoms with Crippen molar-refractivity contribution >= 4 is 41.5 Å². The number of carbonyl (C=O) groups is 1. The first kappa shape index (κ1) is 18.5. The summed E-state index contributed by atoms with van der Waals surface area (Å²) in [6.45, 7) is 4.47. The van der Waals surface area contributed by atoms with Crippen molar-refractivity contribution in [1.82, 2.24) is 10.6 Å². The lowest BCUT2D eigenvalue weighted by Gasteiger charge is -2.07. The number of halogens is 3. The average Bonchev–Trinajstić information content (AvgIpc) is 2.33. The fourth-order valence-electron chi connectivity index (χ4n) is 1.51. The van der Waals surface area contributed by atoms with Crippen molar-refractivity contribution in [1.29, 1.82) is 0 Å². The molecule has 0 fully saturated rings. The van der Waals surface area contributed by atoms with Gasteiger partial charge in [0.15, 0.2) is 0 Å². The molecule has 0 aromatic heterocycles. The predicted octanol–water partition coefficient (Wildman–Crippen LogP) is 3.07. The molecule has 0 spiro atoms. The Morgan fingerprint density at radius 2 is 1.95 bits per heavy atom. The molecule has 0 saturated heterocycles. The third kappa shape index (κ3) is 7.63. The van der Waals surface area contributed by atoms with Crippen LogP contribution >= 0.6 is 35.6 Å². The number of nitrogens with one attached hydrogen (secondary N) is 2. The summed E-state index contributed by atoms with van der Waals surface area (Å²) in [7, 11) is 0. The molecule has 1 aromatic carbocycles. The van der Waals surface area contributed by atoms with Gasteiger partial charge in [-0.05, 0) is 36.7 Å². The number of rotatable bonds is 7. The van der Waals surface area contributed by atoms with E-state index in [4.69, 9.17) is 23.2 Å². The summed E-state index contributed by atoms with van der Waals surface area (Å²) < 4.78 is 0. The zero-order chi connectivity index (χ0) is 13.4. The second-order valence-electron chi connectivity index (χ2n) is 4.01. The maximum Gasteiger partial charge on any atom is 0.224 e. The van der Waals surface area contributed by atoms with Crippen molar-refractivity contribution in [3.8, 4) is 0 Å². The Labute approximate surface area is 130 Å². The van der Waals surface area contributed by atoms with Gasteiger partial charge in [0.25, 0.3) is 0 Å². The molecule has 0 aliphatic heterocycles. The summed E-state index contributed by atoms with van der Waals surface area (Å²) >= 11 is 11.9. The molecule has 108 valence electrons. The normalized spacial score (nSPS) is 9.84. The van der Waals surface area contributed by atoms with Crippen LogP contribution in [0, 0.1) is 0 Å². The van der Waals surface area contributed by atoms with Gasteiger partial charge in [0, 0.05) is 23.1 Å². The van der Waals surface area contributed by atoms with Crippen LogP contribution in [0.4, 0.5) is 0 Å². The second-order valence-corrected chi connectivity index (χ2v) is 4.86. The van der Waals surface area contributed by atoms with Gasteiger partial charge >= 0.3 is 0 Å². The number of carbonyl (C=O) groups excluding carboxylic acids is 1. The van der Waals surface area contributed by atoms with Gasteiger partial charge < -0.3 is 10.6 Å². The van der Waals surface area contributed by atoms with Crippen molar-refractivity contribution in [3.05, 3.63) is 33.8 Å². The third-order valence-corrected chi connectivity index (χ3v) is 3.01. The Morgan fingerprint density at radius 1 is 1.21 bits per heavy atom. The van der Waals surface area contributed by atoms with Gasteiger partial charge in [-0.3, -0.25) is 4.79 Å². The van der Waals surface area contributed by atoms with E-state index in [1.165, 1.54) is 0 Å². The highest BCUT2D eigenvalue weighted by molar-refractivity contribution is 6.33. The van der Waals surface area contributed by atoms with Crippen LogP contribution in [-0.2, 0) is 11.2 Å². The minimum absolute atomic E-state index is 0. The Bertz CT molecular complexity index is 399. The van der Waals surface area contributed by atoms with Gasteiger partial charge in [0.1, 0.15) is 0 Å². The van der Waals surface area contributed by atoms with E-state index in [1.54, 1.807) is 18.2 Å². The fourth-order valence-corrected chi connectivity index (χ4v) is 1.89. The van der Waals surface area contributed by atoms with Crippen LogP contribution in [0.3, 0.4) is 0 Å². The first-order valence-electron chi connectivity index (χ1n) is 6.04. The minimum Gasteiger partial charge on any atom is -0.355 e. The zero-order valence-electron chi connectivity index (χ0n) is 10.8. The summed E-state index contributed by atoms with van der Waals surface area (Å²) in [5, 5.41) is 7.20. The largest absolute Gasteiger partial charge is 0.355 e. The lowest BCUT2D eigenvalue weighted by Crippen LogP contribution is -2.33. The molecule has 6 heteroatoms. The molecule has 19 heavy (non-hydrogen) atoms. The highest BCUT2D eigenvalue weighted by atomic mass is 35.5. The molecule has 2 N–H and O–H groups in total. The lowest BCUT2D eigenvalue weighted by molar-refractivity contribution is -0.120. The summed E-state index contributed by atoms with van der Waals surface area (Å²) in [5.41, 5.74) is 0.753. The zero-order valence-corrected chi connectivity index (χ0v) is 13.2. The van der Waals surface area contributed by atoms with Gasteiger partial charge in [0.05, 0.1) is 6.42 Å². The lowest BCUT2D eigenvalue weighted by atomic mass is 10.1. The maximum absolute atomic E-state index is 11.7. The van der Waals surface area contributed by atoms with E-state index >= 15 is 0 Å². The number of benzene rings is 1. The Morgan fingerprint density at radius 3 is 2.63 bits per heavy atom. The van der Waals surface area contributed by atoms with Gasteiger partial charge in [-0.2, -0.15) is 0 Å². The van der Waals surface area contributed by atoms with Crippen LogP contribution in [0.2, 0.25) is 10.0 Å². The average molecular weight is 326 g/mol. The van der Waals surface area contributed by atoms with E-state index in [-0.39, 0.29) is 24.7 Å². The molecule has 0 bridgehead atoms. The predicted molar refractivity (Wildman–Crippen MR) is 83.6 cm³/mol. The Kier molecular flexibility index (Phi) is 10.1. The number of hydrogen-bond donors (Lipinski definition) is 2. The second kappa shape index (κ2) is 10.3. The first-order chi connectivity index (χ1) is 8.63. The molecule has 0 radical (unpaired) electrons. The Balaban J connectivity index is 0.00000324. The van der Waals surface area contributed by atoms with E-state index in [0.29, 0.717) is 16.6 Å². The van der Waals surface area contributed by atoms with Crippen LogP contribution in [0.5, 0.6) is 0 Å². The summed E-state index contributed by atoms with van der Waals surface area (Å²) in [5.74, 6) is -0.0440. The minimum atomic E-state index is -0.0440. The maximum atomic E-state index is 11.7. The smallest absolute Gasteiger partial charge is 0.224 e. The van der Waals surface area contributed by atoms with Gasteiger partial charge in [-0.1, -0.05) is 30.1 Å². The van der Waals surface area contributed by atoms with E-state index in [9.17, 15) is 4.79 Å². The Hall–Kier alpha value is -0.480. The van der Waals surface area contributed by atoms with Gasteiger partial charge in [0.2, 0.25) is 5.91 Å². The molecule has 0 aliphatic rings. The molecule has 0 unspecified atom stereocenters. The number of amides is 1. The molecule has 0 aliphatic carbocycles. The SMILES string of the molecule is CCCNCCNC(=O)Cc1cc(Cl)ccc1Cl.Cl. The van der Waals surface area contributed by atoms with E-state index in [2.05, 4.69) is 17.6 Å². The highest BCUT2D eigenvalue weighted by Gasteiger charge is 2.07. The van der Waals surface area contributed by atoms with Crippen LogP contribution < -0.4 is 10.6 Å². The number of hydrogen-bond acceptors (Lipinski definition) is 2. The molecule has 0 heterocycles. The van der Waals surface area contributed by atoms with Crippen molar-refractivity contribution < 1.29 is 4.79 Å². The molecular weight excluding hydrogens is 307 g/mol. The molecular formula is C13H19Cl3N2O. The van der Waals surface area contributed by atoms with Crippen LogP contribution in [-0.4, -0.2) is 25.5 Å². The highest BCUT2D eigenvalue weighted by Crippen LogP contribution is 2.20. The van der Waals surface area contributed by atoms with Crippen LogP contribution in [0.1, 0.15) is 18.9 Å². The third-order valence-electron chi connectivity index (χ3n) is 2.41. The molecule has 1 aromatic rings. The van der Waals surface area contributed by atoms with Crippen molar-refractivity contribution in [2.24, 2.45) is 0 Å². The van der Waals surface area contributed by atoms with Crippen molar-refractivity contribution in [2.75, 3.05) is 19.6 Å². The molecule has 1 amide bonds. The van der Waals surface area contributed by atoms with Crippen molar-refractivity contribution in [3.63, 3.8) is 0 Å². The molecule has 0 atom stereocenters.